The zero-order chi connectivity index (χ0) is 18.2. The van der Waals surface area contributed by atoms with E-state index in [-0.39, 0.29) is 5.82 Å². The lowest BCUT2D eigenvalue weighted by Gasteiger charge is -2.31. The summed E-state index contributed by atoms with van der Waals surface area (Å²) in [6, 6.07) is 6.50. The van der Waals surface area contributed by atoms with Crippen LogP contribution in [-0.2, 0) is 13.1 Å². The maximum Gasteiger partial charge on any atom is 0.123 e. The summed E-state index contributed by atoms with van der Waals surface area (Å²) < 4.78 is 14.8. The second-order valence-corrected chi connectivity index (χ2v) is 6.74. The molecule has 2 aromatic rings. The van der Waals surface area contributed by atoms with Gasteiger partial charge in [-0.05, 0) is 43.0 Å². The van der Waals surface area contributed by atoms with Crippen molar-refractivity contribution < 1.29 is 4.39 Å². The third-order valence-electron chi connectivity index (χ3n) is 4.61. The first kappa shape index (κ1) is 18.5. The second kappa shape index (κ2) is 9.40. The van der Waals surface area contributed by atoms with Crippen molar-refractivity contribution in [1.82, 2.24) is 19.9 Å². The van der Waals surface area contributed by atoms with E-state index in [9.17, 15) is 4.39 Å². The van der Waals surface area contributed by atoms with Crippen molar-refractivity contribution >= 4 is 6.08 Å². The Morgan fingerprint density at radius 2 is 2.08 bits per heavy atom. The lowest BCUT2D eigenvalue weighted by molar-refractivity contribution is 0.173. The minimum Gasteiger partial charge on any atom is -0.325 e. The molecule has 1 aromatic carbocycles. The minimum absolute atomic E-state index is 0.206. The minimum atomic E-state index is -0.206. The molecule has 0 spiro atoms. The van der Waals surface area contributed by atoms with Crippen LogP contribution < -0.4 is 5.73 Å². The van der Waals surface area contributed by atoms with Crippen LogP contribution in [0.2, 0.25) is 0 Å². The van der Waals surface area contributed by atoms with Gasteiger partial charge in [0.15, 0.2) is 0 Å². The number of rotatable bonds is 7. The van der Waals surface area contributed by atoms with Crippen molar-refractivity contribution in [1.29, 1.82) is 0 Å². The highest BCUT2D eigenvalue weighted by Crippen LogP contribution is 2.18. The van der Waals surface area contributed by atoms with E-state index in [1.807, 2.05) is 23.0 Å². The third kappa shape index (κ3) is 5.61. The van der Waals surface area contributed by atoms with Gasteiger partial charge in [-0.1, -0.05) is 41.7 Å². The predicted molar refractivity (Wildman–Crippen MR) is 102 cm³/mol. The highest BCUT2D eigenvalue weighted by molar-refractivity contribution is 5.50. The summed E-state index contributed by atoms with van der Waals surface area (Å²) in [6.07, 6.45) is 12.6. The number of hydrogen-bond acceptors (Lipinski definition) is 4. The van der Waals surface area contributed by atoms with Crippen LogP contribution in [-0.4, -0.2) is 39.5 Å². The third-order valence-corrected chi connectivity index (χ3v) is 4.61. The number of halogens is 1. The van der Waals surface area contributed by atoms with Gasteiger partial charge in [0.05, 0.1) is 5.69 Å². The maximum absolute atomic E-state index is 12.9. The first-order chi connectivity index (χ1) is 12.7. The Balaban J connectivity index is 1.43. The molecule has 138 valence electrons. The monoisotopic (exact) mass is 355 g/mol. The van der Waals surface area contributed by atoms with Crippen molar-refractivity contribution in [2.45, 2.75) is 25.9 Å². The molecule has 1 aliphatic heterocycles. The summed E-state index contributed by atoms with van der Waals surface area (Å²) in [7, 11) is 0. The molecule has 1 aromatic heterocycles. The number of aromatic nitrogens is 3. The molecule has 2 heterocycles. The highest BCUT2D eigenvalue weighted by atomic mass is 19.1. The number of hydrogen-bond donors (Lipinski definition) is 1. The predicted octanol–water partition coefficient (Wildman–Crippen LogP) is 2.86. The number of benzene rings is 1. The number of nitrogens with zero attached hydrogens (tertiary/aromatic N) is 4. The average Bonchev–Trinajstić information content (AvgIpc) is 3.11. The Morgan fingerprint density at radius 3 is 2.85 bits per heavy atom. The molecule has 5 nitrogen and oxygen atoms in total. The van der Waals surface area contributed by atoms with Gasteiger partial charge >= 0.3 is 0 Å². The zero-order valence-corrected chi connectivity index (χ0v) is 15.0. The van der Waals surface area contributed by atoms with E-state index in [0.29, 0.717) is 12.5 Å². The molecular formula is C20H26FN5. The summed E-state index contributed by atoms with van der Waals surface area (Å²) in [5.41, 5.74) is 7.43. The summed E-state index contributed by atoms with van der Waals surface area (Å²) in [5.74, 6) is 0.390. The van der Waals surface area contributed by atoms with E-state index in [1.54, 1.807) is 12.1 Å². The van der Waals surface area contributed by atoms with Gasteiger partial charge in [-0.3, -0.25) is 9.58 Å². The van der Waals surface area contributed by atoms with Gasteiger partial charge in [0, 0.05) is 32.4 Å². The zero-order valence-electron chi connectivity index (χ0n) is 15.0. The van der Waals surface area contributed by atoms with Gasteiger partial charge in [-0.2, -0.15) is 0 Å². The highest BCUT2D eigenvalue weighted by Gasteiger charge is 2.19. The van der Waals surface area contributed by atoms with Gasteiger partial charge in [0.1, 0.15) is 5.82 Å². The van der Waals surface area contributed by atoms with Crippen molar-refractivity contribution in [2.24, 2.45) is 11.7 Å². The van der Waals surface area contributed by atoms with Gasteiger partial charge in [-0.25, -0.2) is 4.39 Å². The number of likely N-dealkylation sites (tertiary alicyclic amines) is 1. The normalized spacial score (nSPS) is 18.9. The van der Waals surface area contributed by atoms with Gasteiger partial charge in [0.2, 0.25) is 0 Å². The van der Waals surface area contributed by atoms with Crippen LogP contribution >= 0.6 is 0 Å². The van der Waals surface area contributed by atoms with E-state index < -0.39 is 0 Å². The van der Waals surface area contributed by atoms with Crippen LogP contribution in [0.1, 0.15) is 24.1 Å². The Bertz CT molecular complexity index is 735. The fourth-order valence-electron chi connectivity index (χ4n) is 3.28. The van der Waals surface area contributed by atoms with Crippen molar-refractivity contribution in [3.63, 3.8) is 0 Å². The van der Waals surface area contributed by atoms with E-state index in [2.05, 4.69) is 27.4 Å². The van der Waals surface area contributed by atoms with Crippen molar-refractivity contribution in [2.75, 3.05) is 19.6 Å². The molecule has 1 fully saturated rings. The van der Waals surface area contributed by atoms with Crippen LogP contribution in [0.15, 0.2) is 48.7 Å². The SMILES string of the molecule is NCc1cn(CC2CCCN(C/C=C/C=C/c3ccc(F)cc3)C2)nn1. The van der Waals surface area contributed by atoms with Crippen LogP contribution in [0.25, 0.3) is 6.08 Å². The van der Waals surface area contributed by atoms with Gasteiger partial charge in [0.25, 0.3) is 0 Å². The summed E-state index contributed by atoms with van der Waals surface area (Å²) in [5, 5.41) is 8.20. The second-order valence-electron chi connectivity index (χ2n) is 6.74. The summed E-state index contributed by atoms with van der Waals surface area (Å²) in [4.78, 5) is 2.47. The lowest BCUT2D eigenvalue weighted by atomic mass is 9.98. The molecule has 1 aliphatic rings. The van der Waals surface area contributed by atoms with E-state index in [4.69, 9.17) is 5.73 Å². The van der Waals surface area contributed by atoms with E-state index >= 15 is 0 Å². The van der Waals surface area contributed by atoms with E-state index in [0.717, 1.165) is 37.4 Å². The first-order valence-electron chi connectivity index (χ1n) is 9.13. The number of piperidine rings is 1. The molecule has 26 heavy (non-hydrogen) atoms. The molecule has 0 amide bonds. The van der Waals surface area contributed by atoms with Crippen LogP contribution in [0.4, 0.5) is 4.39 Å². The lowest BCUT2D eigenvalue weighted by Crippen LogP contribution is -2.37. The molecule has 3 rings (SSSR count). The fraction of sp³-hybridized carbons (Fsp3) is 0.400. The number of allylic oxidation sites excluding steroid dienone is 2. The molecular weight excluding hydrogens is 329 g/mol. The smallest absolute Gasteiger partial charge is 0.123 e. The summed E-state index contributed by atoms with van der Waals surface area (Å²) in [6.45, 7) is 4.48. The largest absolute Gasteiger partial charge is 0.325 e. The topological polar surface area (TPSA) is 60.0 Å². The Hall–Kier alpha value is -2.31. The number of nitrogens with two attached hydrogens (primary N) is 1. The van der Waals surface area contributed by atoms with Crippen LogP contribution in [0, 0.1) is 11.7 Å². The molecule has 1 saturated heterocycles. The molecule has 1 atom stereocenters. The average molecular weight is 355 g/mol. The maximum atomic E-state index is 12.9. The first-order valence-corrected chi connectivity index (χ1v) is 9.13. The molecule has 1 unspecified atom stereocenters. The summed E-state index contributed by atoms with van der Waals surface area (Å²) >= 11 is 0. The van der Waals surface area contributed by atoms with Crippen LogP contribution in [0.3, 0.4) is 0 Å². The Kier molecular flexibility index (Phi) is 6.68. The van der Waals surface area contributed by atoms with Gasteiger partial charge < -0.3 is 5.73 Å². The Labute approximate surface area is 154 Å². The standard InChI is InChI=1S/C20H26FN5/c21-19-9-7-17(8-10-19)5-2-1-3-11-25-12-4-6-18(14-25)15-26-16-20(13-22)23-24-26/h1-3,5,7-10,16,18H,4,6,11-15,22H2/b3-1+,5-2+. The van der Waals surface area contributed by atoms with Crippen molar-refractivity contribution in [3.8, 4) is 0 Å². The molecule has 0 aliphatic carbocycles. The van der Waals surface area contributed by atoms with Crippen molar-refractivity contribution in [3.05, 3.63) is 65.8 Å². The molecule has 6 heteroatoms. The molecule has 0 saturated carbocycles. The molecule has 0 radical (unpaired) electrons. The fourth-order valence-corrected chi connectivity index (χ4v) is 3.28. The van der Waals surface area contributed by atoms with Crippen LogP contribution in [0.5, 0.6) is 0 Å². The van der Waals surface area contributed by atoms with Gasteiger partial charge in [-0.15, -0.1) is 5.10 Å². The Morgan fingerprint density at radius 1 is 1.23 bits per heavy atom. The molecule has 0 bridgehead atoms. The van der Waals surface area contributed by atoms with E-state index in [1.165, 1.54) is 25.0 Å². The quantitative estimate of drug-likeness (QED) is 0.776. The molecule has 2 N–H and O–H groups in total.